The molecule has 0 saturated carbocycles. The minimum atomic E-state index is -0.338. The van der Waals surface area contributed by atoms with Crippen molar-refractivity contribution in [3.63, 3.8) is 0 Å². The van der Waals surface area contributed by atoms with Crippen LogP contribution in [-0.2, 0) is 0 Å². The molecule has 0 bridgehead atoms. The van der Waals surface area contributed by atoms with E-state index < -0.39 is 0 Å². The van der Waals surface area contributed by atoms with Gasteiger partial charge in [-0.2, -0.15) is 5.10 Å². The van der Waals surface area contributed by atoms with Gasteiger partial charge in [-0.05, 0) is 19.1 Å². The van der Waals surface area contributed by atoms with Gasteiger partial charge in [0.05, 0.1) is 11.9 Å². The van der Waals surface area contributed by atoms with Crippen LogP contribution in [0.25, 0.3) is 11.3 Å². The third-order valence-corrected chi connectivity index (χ3v) is 1.78. The van der Waals surface area contributed by atoms with Gasteiger partial charge >= 0.3 is 0 Å². The molecule has 0 aliphatic rings. The molecule has 0 fully saturated rings. The lowest BCUT2D eigenvalue weighted by Crippen LogP contribution is -1.89. The fourth-order valence-corrected chi connectivity index (χ4v) is 1.16. The molecule has 0 spiro atoms. The summed E-state index contributed by atoms with van der Waals surface area (Å²) in [6.07, 6.45) is 2.80. The quantitative estimate of drug-likeness (QED) is 0.723. The average molecular weight is 177 g/mol. The van der Waals surface area contributed by atoms with E-state index in [-0.39, 0.29) is 5.82 Å². The summed E-state index contributed by atoms with van der Waals surface area (Å²) in [5.41, 5.74) is 1.96. The molecular weight excluding hydrogens is 169 g/mol. The molecule has 1 N–H and O–H groups in total. The van der Waals surface area contributed by atoms with Crippen molar-refractivity contribution in [2.75, 3.05) is 0 Å². The Balaban J connectivity index is 2.57. The first kappa shape index (κ1) is 7.91. The SMILES string of the molecule is Cc1cc(-c2ccn[nH]2)c(F)cn1. The van der Waals surface area contributed by atoms with E-state index in [9.17, 15) is 4.39 Å². The number of hydrogen-bond donors (Lipinski definition) is 1. The largest absolute Gasteiger partial charge is 0.278 e. The van der Waals surface area contributed by atoms with Crippen LogP contribution >= 0.6 is 0 Å². The van der Waals surface area contributed by atoms with E-state index in [4.69, 9.17) is 0 Å². The summed E-state index contributed by atoms with van der Waals surface area (Å²) in [5.74, 6) is -0.338. The second kappa shape index (κ2) is 2.97. The Kier molecular flexibility index (Phi) is 1.81. The van der Waals surface area contributed by atoms with Crippen LogP contribution in [0.15, 0.2) is 24.5 Å². The van der Waals surface area contributed by atoms with Gasteiger partial charge < -0.3 is 0 Å². The van der Waals surface area contributed by atoms with Gasteiger partial charge in [-0.25, -0.2) is 4.39 Å². The lowest BCUT2D eigenvalue weighted by molar-refractivity contribution is 0.623. The molecule has 2 heterocycles. The molecule has 0 unspecified atom stereocenters. The summed E-state index contributed by atoms with van der Waals surface area (Å²) in [6, 6.07) is 3.40. The van der Waals surface area contributed by atoms with E-state index in [1.54, 1.807) is 18.3 Å². The number of pyridine rings is 1. The van der Waals surface area contributed by atoms with Gasteiger partial charge in [-0.15, -0.1) is 0 Å². The Morgan fingerprint density at radius 3 is 3.00 bits per heavy atom. The third kappa shape index (κ3) is 1.42. The van der Waals surface area contributed by atoms with Crippen LogP contribution in [0.5, 0.6) is 0 Å². The van der Waals surface area contributed by atoms with Gasteiger partial charge in [0.1, 0.15) is 0 Å². The Morgan fingerprint density at radius 1 is 1.46 bits per heavy atom. The van der Waals surface area contributed by atoms with Crippen LogP contribution in [0.1, 0.15) is 5.69 Å². The van der Waals surface area contributed by atoms with Crippen molar-refractivity contribution < 1.29 is 4.39 Å². The van der Waals surface area contributed by atoms with Crippen LogP contribution in [-0.4, -0.2) is 15.2 Å². The zero-order valence-corrected chi connectivity index (χ0v) is 7.08. The molecule has 0 aromatic carbocycles. The van der Waals surface area contributed by atoms with Gasteiger partial charge in [0.15, 0.2) is 5.82 Å². The predicted molar refractivity (Wildman–Crippen MR) is 46.5 cm³/mol. The molecule has 0 amide bonds. The maximum atomic E-state index is 13.2. The summed E-state index contributed by atoms with van der Waals surface area (Å²) in [5, 5.41) is 6.46. The number of aromatic nitrogens is 3. The zero-order chi connectivity index (χ0) is 9.26. The van der Waals surface area contributed by atoms with Crippen LogP contribution < -0.4 is 0 Å². The Bertz CT molecular complexity index is 409. The number of aromatic amines is 1. The first-order valence-corrected chi connectivity index (χ1v) is 3.89. The number of H-pyrrole nitrogens is 1. The van der Waals surface area contributed by atoms with Crippen molar-refractivity contribution in [1.82, 2.24) is 15.2 Å². The van der Waals surface area contributed by atoms with Crippen LogP contribution in [0.4, 0.5) is 4.39 Å². The van der Waals surface area contributed by atoms with Crippen molar-refractivity contribution in [3.8, 4) is 11.3 Å². The van der Waals surface area contributed by atoms with Crippen molar-refractivity contribution in [2.24, 2.45) is 0 Å². The highest BCUT2D eigenvalue weighted by Crippen LogP contribution is 2.19. The maximum Gasteiger partial charge on any atom is 0.150 e. The van der Waals surface area contributed by atoms with Gasteiger partial charge in [0.25, 0.3) is 0 Å². The minimum absolute atomic E-state index is 0.338. The summed E-state index contributed by atoms with van der Waals surface area (Å²) < 4.78 is 13.2. The smallest absolute Gasteiger partial charge is 0.150 e. The molecular formula is C9H8FN3. The Morgan fingerprint density at radius 2 is 2.31 bits per heavy atom. The number of aryl methyl sites for hydroxylation is 1. The van der Waals surface area contributed by atoms with Crippen molar-refractivity contribution in [3.05, 3.63) is 36.0 Å². The van der Waals surface area contributed by atoms with Crippen molar-refractivity contribution in [1.29, 1.82) is 0 Å². The maximum absolute atomic E-state index is 13.2. The van der Waals surface area contributed by atoms with Crippen LogP contribution in [0, 0.1) is 12.7 Å². The van der Waals surface area contributed by atoms with Gasteiger partial charge in [-0.3, -0.25) is 10.1 Å². The van der Waals surface area contributed by atoms with Gasteiger partial charge in [0.2, 0.25) is 0 Å². The second-order valence-electron chi connectivity index (χ2n) is 2.78. The van der Waals surface area contributed by atoms with Crippen LogP contribution in [0.3, 0.4) is 0 Å². The number of halogens is 1. The highest BCUT2D eigenvalue weighted by atomic mass is 19.1. The first-order valence-electron chi connectivity index (χ1n) is 3.89. The predicted octanol–water partition coefficient (Wildman–Crippen LogP) is 1.92. The molecule has 0 saturated heterocycles. The number of hydrogen-bond acceptors (Lipinski definition) is 2. The second-order valence-corrected chi connectivity index (χ2v) is 2.78. The molecule has 2 aromatic rings. The fourth-order valence-electron chi connectivity index (χ4n) is 1.16. The first-order chi connectivity index (χ1) is 6.27. The molecule has 0 radical (unpaired) electrons. The molecule has 66 valence electrons. The average Bonchev–Trinajstić information content (AvgIpc) is 2.61. The normalized spacial score (nSPS) is 10.3. The lowest BCUT2D eigenvalue weighted by Gasteiger charge is -1.99. The highest BCUT2D eigenvalue weighted by Gasteiger charge is 2.06. The van der Waals surface area contributed by atoms with E-state index in [0.29, 0.717) is 11.3 Å². The van der Waals surface area contributed by atoms with Crippen molar-refractivity contribution >= 4 is 0 Å². The lowest BCUT2D eigenvalue weighted by atomic mass is 10.1. The number of nitrogens with zero attached hydrogens (tertiary/aromatic N) is 2. The molecule has 2 rings (SSSR count). The standard InChI is InChI=1S/C9H8FN3/c1-6-4-7(8(10)5-11-6)9-2-3-12-13-9/h2-5H,1H3,(H,12,13). The fraction of sp³-hybridized carbons (Fsp3) is 0.111. The molecule has 0 atom stereocenters. The van der Waals surface area contributed by atoms with E-state index in [0.717, 1.165) is 5.69 Å². The summed E-state index contributed by atoms with van der Waals surface area (Å²) in [6.45, 7) is 1.82. The molecule has 2 aromatic heterocycles. The van der Waals surface area contributed by atoms with E-state index in [1.165, 1.54) is 6.20 Å². The van der Waals surface area contributed by atoms with E-state index >= 15 is 0 Å². The monoisotopic (exact) mass is 177 g/mol. The molecule has 4 heteroatoms. The third-order valence-electron chi connectivity index (χ3n) is 1.78. The topological polar surface area (TPSA) is 41.6 Å². The van der Waals surface area contributed by atoms with Crippen molar-refractivity contribution in [2.45, 2.75) is 6.92 Å². The highest BCUT2D eigenvalue weighted by molar-refractivity contribution is 5.59. The summed E-state index contributed by atoms with van der Waals surface area (Å²) >= 11 is 0. The zero-order valence-electron chi connectivity index (χ0n) is 7.08. The molecule has 3 nitrogen and oxygen atoms in total. The summed E-state index contributed by atoms with van der Waals surface area (Å²) in [7, 11) is 0. The van der Waals surface area contributed by atoms with Gasteiger partial charge in [-0.1, -0.05) is 0 Å². The molecule has 0 aliphatic heterocycles. The van der Waals surface area contributed by atoms with Crippen LogP contribution in [0.2, 0.25) is 0 Å². The van der Waals surface area contributed by atoms with E-state index in [2.05, 4.69) is 15.2 Å². The Hall–Kier alpha value is -1.71. The Labute approximate surface area is 74.6 Å². The number of rotatable bonds is 1. The number of nitrogens with one attached hydrogen (secondary N) is 1. The molecule has 13 heavy (non-hydrogen) atoms. The molecule has 0 aliphatic carbocycles. The minimum Gasteiger partial charge on any atom is -0.278 e. The van der Waals surface area contributed by atoms with E-state index in [1.807, 2.05) is 6.92 Å². The summed E-state index contributed by atoms with van der Waals surface area (Å²) in [4.78, 5) is 3.84. The van der Waals surface area contributed by atoms with Gasteiger partial charge in [0, 0.05) is 17.5 Å².